The van der Waals surface area contributed by atoms with E-state index in [0.717, 1.165) is 12.1 Å². The molecule has 1 aromatic carbocycles. The number of hydrogen-bond donors (Lipinski definition) is 1. The molecule has 2 rings (SSSR count). The molecule has 0 aliphatic carbocycles. The Labute approximate surface area is 118 Å². The zero-order valence-electron chi connectivity index (χ0n) is 11.0. The second-order valence-corrected chi connectivity index (χ2v) is 4.35. The minimum atomic E-state index is -4.82. The normalized spacial score (nSPS) is 17.1. The van der Waals surface area contributed by atoms with E-state index in [9.17, 15) is 22.8 Å². The molecule has 21 heavy (non-hydrogen) atoms. The molecular weight excluding hydrogens is 291 g/mol. The molecule has 5 nitrogen and oxygen atoms in total. The number of benzene rings is 1. The Hall–Kier alpha value is -2.25. The highest BCUT2D eigenvalue weighted by molar-refractivity contribution is 6.04. The number of rotatable bonds is 4. The summed E-state index contributed by atoms with van der Waals surface area (Å²) >= 11 is 0. The number of nitrogens with one attached hydrogen (secondary N) is 1. The third-order valence-corrected chi connectivity index (χ3v) is 2.88. The van der Waals surface area contributed by atoms with Crippen molar-refractivity contribution >= 4 is 17.6 Å². The summed E-state index contributed by atoms with van der Waals surface area (Å²) in [7, 11) is 0. The first-order chi connectivity index (χ1) is 9.80. The van der Waals surface area contributed by atoms with E-state index in [1.165, 1.54) is 6.07 Å². The van der Waals surface area contributed by atoms with Crippen LogP contribution >= 0.6 is 0 Å². The summed E-state index contributed by atoms with van der Waals surface area (Å²) in [6, 6.07) is 3.50. The van der Waals surface area contributed by atoms with Crippen LogP contribution in [0, 0.1) is 0 Å². The fraction of sp³-hybridized carbons (Fsp3) is 0.385. The largest absolute Gasteiger partial charge is 0.573 e. The Kier molecular flexibility index (Phi) is 4.06. The molecule has 1 aromatic rings. The van der Waals surface area contributed by atoms with Crippen molar-refractivity contribution in [3.63, 3.8) is 0 Å². The molecule has 0 saturated heterocycles. The summed E-state index contributed by atoms with van der Waals surface area (Å²) in [6.45, 7) is 1.78. The van der Waals surface area contributed by atoms with Gasteiger partial charge in [-0.05, 0) is 30.7 Å². The van der Waals surface area contributed by atoms with E-state index in [0.29, 0.717) is 5.69 Å². The standard InChI is InChI=1S/C13H12F3NO4/c1-2-20-11(18)6-9-8-5-7(21-13(14,15)16)3-4-10(8)17-12(9)19/h3-5,9H,2,6H2,1H3,(H,17,19). The number of hydrogen-bond acceptors (Lipinski definition) is 4. The van der Waals surface area contributed by atoms with E-state index < -0.39 is 29.9 Å². The Bertz CT molecular complexity index is 571. The van der Waals surface area contributed by atoms with E-state index in [1.54, 1.807) is 6.92 Å². The Morgan fingerprint density at radius 3 is 2.71 bits per heavy atom. The molecule has 1 amide bonds. The third-order valence-electron chi connectivity index (χ3n) is 2.88. The highest BCUT2D eigenvalue weighted by Crippen LogP contribution is 2.38. The Morgan fingerprint density at radius 2 is 2.10 bits per heavy atom. The summed E-state index contributed by atoms with van der Waals surface area (Å²) in [5.74, 6) is -2.36. The minimum Gasteiger partial charge on any atom is -0.466 e. The molecule has 0 fully saturated rings. The molecule has 1 N–H and O–H groups in total. The van der Waals surface area contributed by atoms with Gasteiger partial charge in [0.2, 0.25) is 5.91 Å². The van der Waals surface area contributed by atoms with Crippen LogP contribution < -0.4 is 10.1 Å². The molecule has 1 heterocycles. The Morgan fingerprint density at radius 1 is 1.38 bits per heavy atom. The van der Waals surface area contributed by atoms with Crippen molar-refractivity contribution in [1.82, 2.24) is 0 Å². The molecule has 0 bridgehead atoms. The van der Waals surface area contributed by atoms with Gasteiger partial charge in [0, 0.05) is 5.69 Å². The maximum Gasteiger partial charge on any atom is 0.573 e. The van der Waals surface area contributed by atoms with Crippen LogP contribution in [-0.4, -0.2) is 24.8 Å². The van der Waals surface area contributed by atoms with Gasteiger partial charge in [-0.15, -0.1) is 13.2 Å². The van der Waals surface area contributed by atoms with Crippen LogP contribution in [0.1, 0.15) is 24.8 Å². The quantitative estimate of drug-likeness (QED) is 0.868. The van der Waals surface area contributed by atoms with Gasteiger partial charge in [0.05, 0.1) is 18.9 Å². The van der Waals surface area contributed by atoms with Gasteiger partial charge >= 0.3 is 12.3 Å². The van der Waals surface area contributed by atoms with Gasteiger partial charge in [-0.2, -0.15) is 0 Å². The number of esters is 1. The van der Waals surface area contributed by atoms with Crippen molar-refractivity contribution in [1.29, 1.82) is 0 Å². The summed E-state index contributed by atoms with van der Waals surface area (Å²) in [6.07, 6.45) is -5.05. The number of halogens is 3. The van der Waals surface area contributed by atoms with E-state index >= 15 is 0 Å². The van der Waals surface area contributed by atoms with Crippen LogP contribution in [0.3, 0.4) is 0 Å². The molecule has 0 spiro atoms. The van der Waals surface area contributed by atoms with Gasteiger partial charge in [-0.3, -0.25) is 9.59 Å². The van der Waals surface area contributed by atoms with Crippen molar-refractivity contribution in [2.24, 2.45) is 0 Å². The number of carbonyl (C=O) groups excluding carboxylic acids is 2. The topological polar surface area (TPSA) is 64.6 Å². The fourth-order valence-electron chi connectivity index (χ4n) is 2.09. The number of carbonyl (C=O) groups is 2. The molecule has 0 saturated carbocycles. The summed E-state index contributed by atoms with van der Waals surface area (Å²) < 4.78 is 45.2. The second-order valence-electron chi connectivity index (χ2n) is 4.35. The Balaban J connectivity index is 2.23. The first-order valence-electron chi connectivity index (χ1n) is 6.16. The van der Waals surface area contributed by atoms with E-state index in [1.807, 2.05) is 0 Å². The maximum atomic E-state index is 12.2. The molecule has 1 aliphatic heterocycles. The minimum absolute atomic E-state index is 0.164. The van der Waals surface area contributed by atoms with Gasteiger partial charge in [-0.25, -0.2) is 0 Å². The van der Waals surface area contributed by atoms with E-state index in [4.69, 9.17) is 4.74 Å². The lowest BCUT2D eigenvalue weighted by Crippen LogP contribution is -2.18. The van der Waals surface area contributed by atoms with Crippen LogP contribution in [0.15, 0.2) is 18.2 Å². The zero-order valence-corrected chi connectivity index (χ0v) is 11.0. The number of amides is 1. The fourth-order valence-corrected chi connectivity index (χ4v) is 2.09. The molecule has 8 heteroatoms. The lowest BCUT2D eigenvalue weighted by molar-refractivity contribution is -0.274. The van der Waals surface area contributed by atoms with Crippen molar-refractivity contribution < 1.29 is 32.2 Å². The van der Waals surface area contributed by atoms with Gasteiger partial charge in [0.1, 0.15) is 5.75 Å². The summed E-state index contributed by atoms with van der Waals surface area (Å²) in [4.78, 5) is 23.2. The molecule has 114 valence electrons. The SMILES string of the molecule is CCOC(=O)CC1C(=O)Nc2ccc(OC(F)(F)F)cc21. The third kappa shape index (κ3) is 3.65. The highest BCUT2D eigenvalue weighted by atomic mass is 19.4. The molecule has 0 radical (unpaired) electrons. The van der Waals surface area contributed by atoms with Crippen LogP contribution in [0.25, 0.3) is 0 Å². The lowest BCUT2D eigenvalue weighted by Gasteiger charge is -2.12. The predicted octanol–water partition coefficient (Wildman–Crippen LogP) is 2.57. The van der Waals surface area contributed by atoms with Crippen LogP contribution in [0.5, 0.6) is 5.75 Å². The van der Waals surface area contributed by atoms with Crippen LogP contribution in [0.4, 0.5) is 18.9 Å². The predicted molar refractivity (Wildman–Crippen MR) is 65.7 cm³/mol. The maximum absolute atomic E-state index is 12.2. The molecular formula is C13H12F3NO4. The van der Waals surface area contributed by atoms with Crippen molar-refractivity contribution in [3.8, 4) is 5.75 Å². The number of anilines is 1. The van der Waals surface area contributed by atoms with Gasteiger partial charge in [-0.1, -0.05) is 0 Å². The van der Waals surface area contributed by atoms with Crippen LogP contribution in [-0.2, 0) is 14.3 Å². The molecule has 1 aliphatic rings. The lowest BCUT2D eigenvalue weighted by atomic mass is 9.97. The smallest absolute Gasteiger partial charge is 0.466 e. The number of ether oxygens (including phenoxy) is 2. The molecule has 1 atom stereocenters. The van der Waals surface area contributed by atoms with Crippen molar-refractivity contribution in [3.05, 3.63) is 23.8 Å². The van der Waals surface area contributed by atoms with Gasteiger partial charge in [0.25, 0.3) is 0 Å². The first kappa shape index (κ1) is 15.1. The molecule has 0 aromatic heterocycles. The number of fused-ring (bicyclic) bond motifs is 1. The monoisotopic (exact) mass is 303 g/mol. The number of alkyl halides is 3. The summed E-state index contributed by atoms with van der Waals surface area (Å²) in [5.41, 5.74) is 0.652. The van der Waals surface area contributed by atoms with E-state index in [2.05, 4.69) is 10.1 Å². The zero-order chi connectivity index (χ0) is 15.6. The first-order valence-corrected chi connectivity index (χ1v) is 6.16. The second kappa shape index (κ2) is 5.63. The van der Waals surface area contributed by atoms with Gasteiger partial charge < -0.3 is 14.8 Å². The van der Waals surface area contributed by atoms with Crippen LogP contribution in [0.2, 0.25) is 0 Å². The van der Waals surface area contributed by atoms with E-state index in [-0.39, 0.29) is 18.6 Å². The average Bonchev–Trinajstić information content (AvgIpc) is 2.64. The van der Waals surface area contributed by atoms with Crippen molar-refractivity contribution in [2.75, 3.05) is 11.9 Å². The molecule has 1 unspecified atom stereocenters. The van der Waals surface area contributed by atoms with Gasteiger partial charge in [0.15, 0.2) is 0 Å². The highest BCUT2D eigenvalue weighted by Gasteiger charge is 2.35. The van der Waals surface area contributed by atoms with Crippen molar-refractivity contribution in [2.45, 2.75) is 25.6 Å². The average molecular weight is 303 g/mol. The summed E-state index contributed by atoms with van der Waals surface area (Å²) in [5, 5.41) is 2.50.